The molecule has 6 aromatic rings. The van der Waals surface area contributed by atoms with Crippen LogP contribution in [0.25, 0.3) is 43.6 Å². The van der Waals surface area contributed by atoms with Crippen molar-refractivity contribution >= 4 is 38.1 Å². The Morgan fingerprint density at radius 1 is 0.744 bits per heavy atom. The molecule has 0 saturated carbocycles. The number of nitrogen functional groups attached to an aromatic ring is 1. The molecule has 0 unspecified atom stereocenters. The number of pyridine rings is 1. The molecule has 0 fully saturated rings. The number of rotatable bonds is 8. The van der Waals surface area contributed by atoms with Crippen molar-refractivity contribution in [2.75, 3.05) is 26.1 Å². The van der Waals surface area contributed by atoms with E-state index in [1.807, 2.05) is 85.8 Å². The average Bonchev–Trinajstić information content (AvgIpc) is 3.03. The average molecular weight is 575 g/mol. The normalized spacial score (nSPS) is 10.9. The van der Waals surface area contributed by atoms with Crippen molar-refractivity contribution in [3.05, 3.63) is 107 Å². The molecule has 0 atom stereocenters. The van der Waals surface area contributed by atoms with Crippen molar-refractivity contribution < 1.29 is 14.2 Å². The second-order valence-electron chi connectivity index (χ2n) is 10.5. The molecule has 6 nitrogen and oxygen atoms in total. The lowest BCUT2D eigenvalue weighted by Crippen LogP contribution is -2.11. The van der Waals surface area contributed by atoms with Crippen LogP contribution in [0.1, 0.15) is 32.4 Å². The van der Waals surface area contributed by atoms with Gasteiger partial charge in [-0.1, -0.05) is 74.5 Å². The van der Waals surface area contributed by atoms with Crippen LogP contribution in [0.5, 0.6) is 17.2 Å². The standard InChI is InChI=1S/C24H23NO3.C13H15NO/c1-4-13-28-20-14-17-7-5-6-8-19(17)22-23(20)25-15(2)21(24(22)26)16-9-11-18(27-3)12-10-16;1-2-7-15-13-9-11-6-4-3-5-10(11)8-12(13)14/h5-12,14H,4,13H2,1-3H3,(H,25,26);3-6,8-9H,2,7,14H2,1H3. The van der Waals surface area contributed by atoms with Crippen LogP contribution in [0.2, 0.25) is 0 Å². The zero-order valence-electron chi connectivity index (χ0n) is 25.2. The summed E-state index contributed by atoms with van der Waals surface area (Å²) in [6.07, 6.45) is 1.90. The van der Waals surface area contributed by atoms with Crippen LogP contribution in [0.3, 0.4) is 0 Å². The van der Waals surface area contributed by atoms with E-state index in [0.29, 0.717) is 29.9 Å². The molecule has 0 spiro atoms. The number of methoxy groups -OCH3 is 1. The van der Waals surface area contributed by atoms with Gasteiger partial charge in [0, 0.05) is 11.3 Å². The third-order valence-electron chi connectivity index (χ3n) is 7.33. The summed E-state index contributed by atoms with van der Waals surface area (Å²) in [6.45, 7) is 7.40. The van der Waals surface area contributed by atoms with E-state index in [4.69, 9.17) is 19.9 Å². The Labute approximate surface area is 252 Å². The highest BCUT2D eigenvalue weighted by atomic mass is 16.5. The van der Waals surface area contributed by atoms with Gasteiger partial charge in [0.05, 0.1) is 36.9 Å². The summed E-state index contributed by atoms with van der Waals surface area (Å²) in [4.78, 5) is 17.1. The molecule has 5 aromatic carbocycles. The van der Waals surface area contributed by atoms with Crippen LogP contribution >= 0.6 is 0 Å². The highest BCUT2D eigenvalue weighted by Gasteiger charge is 2.17. The van der Waals surface area contributed by atoms with E-state index >= 15 is 0 Å². The van der Waals surface area contributed by atoms with E-state index < -0.39 is 0 Å². The molecule has 43 heavy (non-hydrogen) atoms. The van der Waals surface area contributed by atoms with Crippen LogP contribution in [0, 0.1) is 6.92 Å². The van der Waals surface area contributed by atoms with Gasteiger partial charge in [-0.2, -0.15) is 0 Å². The Kier molecular flexibility index (Phi) is 9.16. The Morgan fingerprint density at radius 3 is 1.98 bits per heavy atom. The molecule has 1 heterocycles. The first kappa shape index (κ1) is 29.5. The largest absolute Gasteiger partial charge is 0.497 e. The number of anilines is 1. The molecule has 220 valence electrons. The maximum Gasteiger partial charge on any atom is 0.198 e. The molecule has 0 radical (unpaired) electrons. The number of fused-ring (bicyclic) bond motifs is 4. The smallest absolute Gasteiger partial charge is 0.198 e. The van der Waals surface area contributed by atoms with Crippen molar-refractivity contribution in [2.45, 2.75) is 33.6 Å². The Bertz CT molecular complexity index is 1930. The quantitative estimate of drug-likeness (QED) is 0.140. The van der Waals surface area contributed by atoms with E-state index in [-0.39, 0.29) is 5.43 Å². The fourth-order valence-electron chi connectivity index (χ4n) is 5.23. The first-order chi connectivity index (χ1) is 20.9. The van der Waals surface area contributed by atoms with Gasteiger partial charge in [0.25, 0.3) is 0 Å². The lowest BCUT2D eigenvalue weighted by molar-refractivity contribution is 0.319. The van der Waals surface area contributed by atoms with Gasteiger partial charge in [0.2, 0.25) is 0 Å². The minimum atomic E-state index is 0.00886. The number of aromatic nitrogens is 1. The summed E-state index contributed by atoms with van der Waals surface area (Å²) in [5.74, 6) is 2.27. The number of aromatic amines is 1. The third-order valence-corrected chi connectivity index (χ3v) is 7.33. The number of benzene rings is 5. The van der Waals surface area contributed by atoms with Gasteiger partial charge in [0.15, 0.2) is 5.43 Å². The lowest BCUT2D eigenvalue weighted by Gasteiger charge is -2.15. The van der Waals surface area contributed by atoms with Gasteiger partial charge in [-0.05, 0) is 77.2 Å². The van der Waals surface area contributed by atoms with Crippen LogP contribution in [-0.4, -0.2) is 25.3 Å². The predicted octanol–water partition coefficient (Wildman–Crippen LogP) is 8.66. The number of nitrogens with one attached hydrogen (secondary N) is 1. The van der Waals surface area contributed by atoms with E-state index in [0.717, 1.165) is 68.4 Å². The summed E-state index contributed by atoms with van der Waals surface area (Å²) >= 11 is 0. The number of H-pyrrole nitrogens is 1. The highest BCUT2D eigenvalue weighted by molar-refractivity contribution is 6.10. The Morgan fingerprint density at radius 2 is 1.33 bits per heavy atom. The maximum atomic E-state index is 13.6. The van der Waals surface area contributed by atoms with Gasteiger partial charge in [0.1, 0.15) is 17.2 Å². The number of hydrogen-bond donors (Lipinski definition) is 2. The Hall–Kier alpha value is -4.97. The molecule has 3 N–H and O–H groups in total. The molecule has 0 bridgehead atoms. The van der Waals surface area contributed by atoms with Gasteiger partial charge < -0.3 is 24.9 Å². The van der Waals surface area contributed by atoms with Crippen molar-refractivity contribution in [3.8, 4) is 28.4 Å². The van der Waals surface area contributed by atoms with Gasteiger partial charge in [-0.25, -0.2) is 0 Å². The molecule has 0 aliphatic carbocycles. The molecule has 0 aliphatic heterocycles. The second kappa shape index (κ2) is 13.3. The van der Waals surface area contributed by atoms with E-state index in [2.05, 4.69) is 31.0 Å². The van der Waals surface area contributed by atoms with E-state index in [1.165, 1.54) is 0 Å². The number of aryl methyl sites for hydroxylation is 1. The number of nitrogens with two attached hydrogens (primary N) is 1. The first-order valence-corrected chi connectivity index (χ1v) is 14.7. The summed E-state index contributed by atoms with van der Waals surface area (Å²) in [7, 11) is 1.63. The van der Waals surface area contributed by atoms with Gasteiger partial charge in [-0.15, -0.1) is 0 Å². The Balaban J connectivity index is 0.000000207. The minimum Gasteiger partial charge on any atom is -0.497 e. The molecular weight excluding hydrogens is 536 g/mol. The van der Waals surface area contributed by atoms with Crippen molar-refractivity contribution in [1.29, 1.82) is 0 Å². The van der Waals surface area contributed by atoms with Crippen LogP contribution < -0.4 is 25.4 Å². The van der Waals surface area contributed by atoms with E-state index in [1.54, 1.807) is 7.11 Å². The van der Waals surface area contributed by atoms with Gasteiger partial charge in [-0.3, -0.25) is 4.79 Å². The highest BCUT2D eigenvalue weighted by Crippen LogP contribution is 2.33. The zero-order valence-corrected chi connectivity index (χ0v) is 25.2. The molecule has 6 rings (SSSR count). The third kappa shape index (κ3) is 6.28. The summed E-state index contributed by atoms with van der Waals surface area (Å²) in [5, 5.41) is 4.91. The van der Waals surface area contributed by atoms with Crippen molar-refractivity contribution in [2.24, 2.45) is 0 Å². The van der Waals surface area contributed by atoms with E-state index in [9.17, 15) is 4.79 Å². The fourth-order valence-corrected chi connectivity index (χ4v) is 5.23. The fraction of sp³-hybridized carbons (Fsp3) is 0.216. The minimum absolute atomic E-state index is 0.00886. The monoisotopic (exact) mass is 574 g/mol. The van der Waals surface area contributed by atoms with Crippen LogP contribution in [-0.2, 0) is 0 Å². The van der Waals surface area contributed by atoms with Crippen molar-refractivity contribution in [3.63, 3.8) is 0 Å². The second-order valence-corrected chi connectivity index (χ2v) is 10.5. The predicted molar refractivity (Wildman–Crippen MR) is 179 cm³/mol. The molecule has 0 aliphatic rings. The van der Waals surface area contributed by atoms with Crippen molar-refractivity contribution in [1.82, 2.24) is 4.98 Å². The van der Waals surface area contributed by atoms with Gasteiger partial charge >= 0.3 is 0 Å². The molecule has 6 heteroatoms. The molecule has 0 amide bonds. The topological polar surface area (TPSA) is 86.6 Å². The summed E-state index contributed by atoms with van der Waals surface area (Å²) < 4.78 is 16.8. The number of ether oxygens (including phenoxy) is 3. The summed E-state index contributed by atoms with van der Waals surface area (Å²) in [6, 6.07) is 29.6. The van der Waals surface area contributed by atoms with Crippen LogP contribution in [0.4, 0.5) is 5.69 Å². The first-order valence-electron chi connectivity index (χ1n) is 14.7. The zero-order chi connectivity index (χ0) is 30.3. The SMILES string of the molecule is CCCOc1cc2ccccc2c2c(=O)c(-c3ccc(OC)cc3)c(C)[nH]c12.CCCOc1cc2ccccc2cc1N. The maximum absolute atomic E-state index is 13.6. The summed E-state index contributed by atoms with van der Waals surface area (Å²) in [5.41, 5.74) is 9.74. The number of hydrogen-bond acceptors (Lipinski definition) is 5. The van der Waals surface area contributed by atoms with Crippen LogP contribution in [0.15, 0.2) is 95.8 Å². The molecule has 1 aromatic heterocycles. The lowest BCUT2D eigenvalue weighted by atomic mass is 9.97. The molecule has 0 saturated heterocycles. The molecular formula is C37H38N2O4.